The van der Waals surface area contributed by atoms with Gasteiger partial charge in [-0.1, -0.05) is 21.6 Å². The molecular weight excluding hydrogens is 296 g/mol. The molecule has 0 saturated carbocycles. The van der Waals surface area contributed by atoms with E-state index in [9.17, 15) is 0 Å². The third kappa shape index (κ3) is 18.5. The molecule has 4 nitrogen and oxygen atoms in total. The van der Waals surface area contributed by atoms with Crippen molar-refractivity contribution >= 4 is 21.6 Å². The molecule has 0 aliphatic rings. The van der Waals surface area contributed by atoms with Crippen LogP contribution in [-0.2, 0) is 18.9 Å². The fourth-order valence-corrected chi connectivity index (χ4v) is 2.92. The summed E-state index contributed by atoms with van der Waals surface area (Å²) in [5.41, 5.74) is 0. The SMILES string of the molecule is CC(C)OCCOCCSSCCOCCOC(C)C. The van der Waals surface area contributed by atoms with Gasteiger partial charge in [0.2, 0.25) is 0 Å². The minimum Gasteiger partial charge on any atom is -0.378 e. The van der Waals surface area contributed by atoms with Crippen LogP contribution in [0.1, 0.15) is 27.7 Å². The van der Waals surface area contributed by atoms with E-state index in [2.05, 4.69) is 0 Å². The second-order valence-corrected chi connectivity index (χ2v) is 7.41. The van der Waals surface area contributed by atoms with E-state index >= 15 is 0 Å². The molecular formula is C14H30O4S2. The van der Waals surface area contributed by atoms with Crippen molar-refractivity contribution in [2.24, 2.45) is 0 Å². The first-order valence-electron chi connectivity index (χ1n) is 7.26. The maximum Gasteiger partial charge on any atom is 0.0703 e. The highest BCUT2D eigenvalue weighted by Gasteiger charge is 1.96. The molecule has 0 aromatic rings. The van der Waals surface area contributed by atoms with E-state index < -0.39 is 0 Å². The van der Waals surface area contributed by atoms with Crippen LogP contribution in [0.5, 0.6) is 0 Å². The Hall–Kier alpha value is 0.540. The minimum atomic E-state index is 0.287. The second kappa shape index (κ2) is 15.9. The summed E-state index contributed by atoms with van der Waals surface area (Å²) in [6, 6.07) is 0. The van der Waals surface area contributed by atoms with Crippen LogP contribution in [0.3, 0.4) is 0 Å². The third-order valence-electron chi connectivity index (χ3n) is 2.06. The minimum absolute atomic E-state index is 0.287. The first-order valence-corrected chi connectivity index (χ1v) is 9.74. The van der Waals surface area contributed by atoms with E-state index in [1.54, 1.807) is 0 Å². The Balaban J connectivity index is 2.96. The molecule has 20 heavy (non-hydrogen) atoms. The van der Waals surface area contributed by atoms with Gasteiger partial charge in [-0.2, -0.15) is 0 Å². The van der Waals surface area contributed by atoms with E-state index in [0.717, 1.165) is 24.7 Å². The highest BCUT2D eigenvalue weighted by Crippen LogP contribution is 2.20. The van der Waals surface area contributed by atoms with Gasteiger partial charge in [0.15, 0.2) is 0 Å². The molecule has 0 atom stereocenters. The molecule has 122 valence electrons. The van der Waals surface area contributed by atoms with Gasteiger partial charge < -0.3 is 18.9 Å². The van der Waals surface area contributed by atoms with Crippen LogP contribution < -0.4 is 0 Å². The Morgan fingerprint density at radius 2 is 1.00 bits per heavy atom. The van der Waals surface area contributed by atoms with Gasteiger partial charge in [-0.3, -0.25) is 0 Å². The topological polar surface area (TPSA) is 36.9 Å². The summed E-state index contributed by atoms with van der Waals surface area (Å²) < 4.78 is 21.7. The molecule has 0 spiro atoms. The van der Waals surface area contributed by atoms with Crippen LogP contribution in [-0.4, -0.2) is 63.4 Å². The zero-order valence-corrected chi connectivity index (χ0v) is 14.9. The summed E-state index contributed by atoms with van der Waals surface area (Å²) in [4.78, 5) is 0. The van der Waals surface area contributed by atoms with Crippen LogP contribution in [0.15, 0.2) is 0 Å². The van der Waals surface area contributed by atoms with Crippen molar-refractivity contribution in [3.8, 4) is 0 Å². The number of hydrogen-bond acceptors (Lipinski definition) is 6. The Morgan fingerprint density at radius 1 is 0.600 bits per heavy atom. The third-order valence-corrected chi connectivity index (χ3v) is 4.40. The first kappa shape index (κ1) is 20.5. The normalized spacial score (nSPS) is 11.7. The van der Waals surface area contributed by atoms with Crippen LogP contribution >= 0.6 is 21.6 Å². The lowest BCUT2D eigenvalue weighted by Gasteiger charge is -2.08. The molecule has 0 unspecified atom stereocenters. The molecule has 6 heteroatoms. The van der Waals surface area contributed by atoms with Crippen LogP contribution in [0.4, 0.5) is 0 Å². The largest absolute Gasteiger partial charge is 0.378 e. The molecule has 0 fully saturated rings. The molecule has 0 rings (SSSR count). The second-order valence-electron chi connectivity index (χ2n) is 4.71. The lowest BCUT2D eigenvalue weighted by molar-refractivity contribution is 0.0236. The zero-order chi connectivity index (χ0) is 15.1. The Kier molecular flexibility index (Phi) is 16.3. The van der Waals surface area contributed by atoms with Crippen molar-refractivity contribution in [2.75, 3.05) is 51.1 Å². The molecule has 0 aromatic heterocycles. The lowest BCUT2D eigenvalue weighted by atomic mass is 10.5. The van der Waals surface area contributed by atoms with Gasteiger partial charge in [-0.05, 0) is 27.7 Å². The monoisotopic (exact) mass is 326 g/mol. The van der Waals surface area contributed by atoms with Gasteiger partial charge in [-0.25, -0.2) is 0 Å². The van der Waals surface area contributed by atoms with E-state index in [1.165, 1.54) is 0 Å². The summed E-state index contributed by atoms with van der Waals surface area (Å²) >= 11 is 0. The average molecular weight is 327 g/mol. The maximum absolute atomic E-state index is 5.46. The summed E-state index contributed by atoms with van der Waals surface area (Å²) in [5.74, 6) is 2.01. The highest BCUT2D eigenvalue weighted by atomic mass is 33.1. The van der Waals surface area contributed by atoms with Crippen molar-refractivity contribution in [3.05, 3.63) is 0 Å². The van der Waals surface area contributed by atoms with Crippen molar-refractivity contribution in [1.82, 2.24) is 0 Å². The number of ether oxygens (including phenoxy) is 4. The van der Waals surface area contributed by atoms with E-state index in [-0.39, 0.29) is 12.2 Å². The van der Waals surface area contributed by atoms with Gasteiger partial charge in [0.1, 0.15) is 0 Å². The molecule has 0 radical (unpaired) electrons. The smallest absolute Gasteiger partial charge is 0.0703 e. The van der Waals surface area contributed by atoms with E-state index in [1.807, 2.05) is 49.3 Å². The predicted octanol–water partition coefficient (Wildman–Crippen LogP) is 3.25. The number of hydrogen-bond donors (Lipinski definition) is 0. The first-order chi connectivity index (χ1) is 9.63. The molecule has 0 aliphatic carbocycles. The molecule has 0 amide bonds. The highest BCUT2D eigenvalue weighted by molar-refractivity contribution is 8.76. The van der Waals surface area contributed by atoms with Gasteiger partial charge in [0.25, 0.3) is 0 Å². The van der Waals surface area contributed by atoms with Gasteiger partial charge in [0, 0.05) is 11.5 Å². The van der Waals surface area contributed by atoms with Crippen LogP contribution in [0.25, 0.3) is 0 Å². The molecule has 0 saturated heterocycles. The summed E-state index contributed by atoms with van der Waals surface area (Å²) in [6.07, 6.45) is 0.573. The van der Waals surface area contributed by atoms with Crippen LogP contribution in [0.2, 0.25) is 0 Å². The summed E-state index contributed by atoms with van der Waals surface area (Å²) in [6.45, 7) is 12.4. The molecule has 0 aliphatic heterocycles. The molecule has 0 heterocycles. The molecule has 0 aromatic carbocycles. The lowest BCUT2D eigenvalue weighted by Crippen LogP contribution is -2.11. The Bertz CT molecular complexity index is 172. The van der Waals surface area contributed by atoms with Gasteiger partial charge in [-0.15, -0.1) is 0 Å². The van der Waals surface area contributed by atoms with Crippen molar-refractivity contribution < 1.29 is 18.9 Å². The van der Waals surface area contributed by atoms with Crippen molar-refractivity contribution in [3.63, 3.8) is 0 Å². The Morgan fingerprint density at radius 3 is 1.35 bits per heavy atom. The van der Waals surface area contributed by atoms with Crippen LogP contribution in [0, 0.1) is 0 Å². The fourth-order valence-electron chi connectivity index (χ4n) is 1.19. The zero-order valence-electron chi connectivity index (χ0n) is 13.3. The maximum atomic E-state index is 5.46. The van der Waals surface area contributed by atoms with Gasteiger partial charge in [0.05, 0.1) is 51.8 Å². The molecule has 0 N–H and O–H groups in total. The summed E-state index contributed by atoms with van der Waals surface area (Å²) in [5, 5.41) is 0. The van der Waals surface area contributed by atoms with E-state index in [0.29, 0.717) is 26.4 Å². The Labute approximate surface area is 132 Å². The summed E-state index contributed by atoms with van der Waals surface area (Å²) in [7, 11) is 3.65. The average Bonchev–Trinajstić information content (AvgIpc) is 2.38. The van der Waals surface area contributed by atoms with Crippen molar-refractivity contribution in [2.45, 2.75) is 39.9 Å². The van der Waals surface area contributed by atoms with Crippen molar-refractivity contribution in [1.29, 1.82) is 0 Å². The molecule has 0 bridgehead atoms. The quantitative estimate of drug-likeness (QED) is 0.340. The predicted molar refractivity (Wildman–Crippen MR) is 88.7 cm³/mol. The fraction of sp³-hybridized carbons (Fsp3) is 1.00. The number of rotatable bonds is 15. The van der Waals surface area contributed by atoms with Gasteiger partial charge >= 0.3 is 0 Å². The standard InChI is InChI=1S/C14H30O4S2/c1-13(2)17-7-5-15-9-11-19-20-12-10-16-6-8-18-14(3)4/h13-14H,5-12H2,1-4H3. The van der Waals surface area contributed by atoms with E-state index in [4.69, 9.17) is 18.9 Å².